The van der Waals surface area contributed by atoms with Gasteiger partial charge in [-0.15, -0.1) is 0 Å². The van der Waals surface area contributed by atoms with Crippen LogP contribution < -0.4 is 10.1 Å². The molecule has 1 saturated heterocycles. The molecule has 11 heteroatoms. The number of carbonyl (C=O) groups excluding carboxylic acids is 2. The highest BCUT2D eigenvalue weighted by Gasteiger charge is 2.36. The molecule has 0 saturated carbocycles. The third kappa shape index (κ3) is 3.81. The number of amides is 2. The second-order valence-corrected chi connectivity index (χ2v) is 7.95. The van der Waals surface area contributed by atoms with Gasteiger partial charge in [-0.25, -0.2) is 9.78 Å². The first-order valence-corrected chi connectivity index (χ1v) is 10.6. The van der Waals surface area contributed by atoms with Gasteiger partial charge in [0.05, 0.1) is 32.5 Å². The number of hydrogen-bond donors (Lipinski definition) is 1. The third-order valence-corrected chi connectivity index (χ3v) is 5.80. The Morgan fingerprint density at radius 1 is 1.18 bits per heavy atom. The molecule has 4 aromatic rings. The van der Waals surface area contributed by atoms with Crippen LogP contribution in [-0.2, 0) is 4.74 Å². The second kappa shape index (κ2) is 8.50. The molecule has 0 radical (unpaired) electrons. The molecular weight excluding hydrogens is 440 g/mol. The molecule has 2 amide bonds. The summed E-state index contributed by atoms with van der Waals surface area (Å²) in [5.41, 5.74) is 3.20. The zero-order chi connectivity index (χ0) is 23.8. The number of pyridine rings is 1. The Bertz CT molecular complexity index is 1390. The van der Waals surface area contributed by atoms with Gasteiger partial charge in [-0.2, -0.15) is 4.98 Å². The van der Waals surface area contributed by atoms with E-state index in [9.17, 15) is 9.59 Å². The number of aryl methyl sites for hydroxylation is 1. The van der Waals surface area contributed by atoms with Crippen LogP contribution >= 0.6 is 0 Å². The minimum absolute atomic E-state index is 0.0305. The molecule has 4 heterocycles. The maximum atomic E-state index is 13.0. The van der Waals surface area contributed by atoms with Gasteiger partial charge in [-0.1, -0.05) is 17.3 Å². The first-order valence-electron chi connectivity index (χ1n) is 10.6. The first-order chi connectivity index (χ1) is 16.5. The molecule has 5 rings (SSSR count). The fourth-order valence-corrected chi connectivity index (χ4v) is 3.76. The smallest absolute Gasteiger partial charge is 0.409 e. The lowest BCUT2D eigenvalue weighted by atomic mass is 10.0. The van der Waals surface area contributed by atoms with Crippen LogP contribution in [0.5, 0.6) is 5.75 Å². The number of likely N-dealkylation sites (tertiary alicyclic amines) is 1. The number of rotatable bonds is 5. The van der Waals surface area contributed by atoms with E-state index in [0.29, 0.717) is 53.1 Å². The number of benzene rings is 1. The summed E-state index contributed by atoms with van der Waals surface area (Å²) in [6, 6.07) is 9.10. The van der Waals surface area contributed by atoms with Crippen LogP contribution in [0.15, 0.2) is 47.2 Å². The Morgan fingerprint density at radius 2 is 2.00 bits per heavy atom. The largest absolute Gasteiger partial charge is 0.495 e. The summed E-state index contributed by atoms with van der Waals surface area (Å²) in [5.74, 6) is 1.14. The number of hydrogen-bond acceptors (Lipinski definition) is 8. The van der Waals surface area contributed by atoms with Crippen molar-refractivity contribution in [3.05, 3.63) is 59.9 Å². The van der Waals surface area contributed by atoms with Crippen LogP contribution in [0.2, 0.25) is 0 Å². The van der Waals surface area contributed by atoms with Crippen molar-refractivity contribution in [2.45, 2.75) is 12.8 Å². The summed E-state index contributed by atoms with van der Waals surface area (Å²) in [6.45, 7) is 2.83. The van der Waals surface area contributed by atoms with Crippen molar-refractivity contribution < 1.29 is 23.6 Å². The molecule has 1 aliphatic rings. The number of nitrogens with one attached hydrogen (secondary N) is 1. The van der Waals surface area contributed by atoms with Crippen molar-refractivity contribution in [2.75, 3.05) is 32.6 Å². The Hall–Kier alpha value is -4.41. The summed E-state index contributed by atoms with van der Waals surface area (Å²) < 4.78 is 17.0. The predicted molar refractivity (Wildman–Crippen MR) is 121 cm³/mol. The SMILES string of the molecule is COC(=O)N1CC(c2nc(-c3ccc(C)c(NC(=O)c4cnc5ccc(OC)cn45)c3)no2)C1. The van der Waals surface area contributed by atoms with Crippen molar-refractivity contribution in [2.24, 2.45) is 0 Å². The van der Waals surface area contributed by atoms with Crippen molar-refractivity contribution in [1.29, 1.82) is 0 Å². The molecule has 0 bridgehead atoms. The van der Waals surface area contributed by atoms with Gasteiger partial charge in [0.1, 0.15) is 17.1 Å². The fourth-order valence-electron chi connectivity index (χ4n) is 3.76. The zero-order valence-electron chi connectivity index (χ0n) is 18.8. The van der Waals surface area contributed by atoms with Gasteiger partial charge in [0, 0.05) is 24.3 Å². The molecule has 0 unspecified atom stereocenters. The molecule has 0 spiro atoms. The monoisotopic (exact) mass is 462 g/mol. The van der Waals surface area contributed by atoms with E-state index in [4.69, 9.17) is 14.0 Å². The van der Waals surface area contributed by atoms with E-state index in [1.54, 1.807) is 40.8 Å². The van der Waals surface area contributed by atoms with Crippen LogP contribution in [0.4, 0.5) is 10.5 Å². The standard InChI is InChI=1S/C23H22N6O5/c1-13-4-5-14(20-26-22(34-27-20)15-10-28(11-15)23(31)33-3)8-17(13)25-21(30)18-9-24-19-7-6-16(32-2)12-29(18)19/h4-9,12,15H,10-11H2,1-3H3,(H,25,30). The van der Waals surface area contributed by atoms with E-state index in [1.807, 2.05) is 19.1 Å². The van der Waals surface area contributed by atoms with Gasteiger partial charge >= 0.3 is 6.09 Å². The maximum Gasteiger partial charge on any atom is 0.409 e. The average Bonchev–Trinajstić information content (AvgIpc) is 3.46. The normalized spacial score (nSPS) is 13.6. The highest BCUT2D eigenvalue weighted by molar-refractivity contribution is 6.04. The van der Waals surface area contributed by atoms with E-state index in [-0.39, 0.29) is 17.9 Å². The van der Waals surface area contributed by atoms with E-state index in [1.165, 1.54) is 13.3 Å². The summed E-state index contributed by atoms with van der Waals surface area (Å²) in [4.78, 5) is 34.9. The number of imidazole rings is 1. The van der Waals surface area contributed by atoms with Gasteiger partial charge in [-0.05, 0) is 30.7 Å². The number of carbonyl (C=O) groups is 2. The van der Waals surface area contributed by atoms with Crippen molar-refractivity contribution >= 4 is 23.3 Å². The Labute approximate surface area is 194 Å². The molecule has 1 fully saturated rings. The zero-order valence-corrected chi connectivity index (χ0v) is 18.8. The van der Waals surface area contributed by atoms with Gasteiger partial charge in [0.25, 0.3) is 5.91 Å². The lowest BCUT2D eigenvalue weighted by Gasteiger charge is -2.35. The van der Waals surface area contributed by atoms with Crippen molar-refractivity contribution in [3.63, 3.8) is 0 Å². The van der Waals surface area contributed by atoms with Crippen LogP contribution in [-0.4, -0.2) is 63.7 Å². The highest BCUT2D eigenvalue weighted by Crippen LogP contribution is 2.29. The first kappa shape index (κ1) is 21.4. The molecule has 1 aliphatic heterocycles. The lowest BCUT2D eigenvalue weighted by Crippen LogP contribution is -2.48. The Morgan fingerprint density at radius 3 is 2.76 bits per heavy atom. The maximum absolute atomic E-state index is 13.0. The lowest BCUT2D eigenvalue weighted by molar-refractivity contribution is 0.0804. The molecule has 1 N–H and O–H groups in total. The number of anilines is 1. The molecule has 174 valence electrons. The summed E-state index contributed by atoms with van der Waals surface area (Å²) >= 11 is 0. The molecule has 0 aliphatic carbocycles. The number of ether oxygens (including phenoxy) is 2. The van der Waals surface area contributed by atoms with Crippen LogP contribution in [0.1, 0.15) is 27.9 Å². The molecule has 34 heavy (non-hydrogen) atoms. The number of nitrogens with zero attached hydrogens (tertiary/aromatic N) is 5. The molecule has 1 aromatic carbocycles. The van der Waals surface area contributed by atoms with E-state index in [0.717, 1.165) is 5.56 Å². The molecule has 0 atom stereocenters. The van der Waals surface area contributed by atoms with Crippen LogP contribution in [0.3, 0.4) is 0 Å². The average molecular weight is 462 g/mol. The second-order valence-electron chi connectivity index (χ2n) is 7.95. The van der Waals surface area contributed by atoms with Crippen LogP contribution in [0.25, 0.3) is 17.0 Å². The van der Waals surface area contributed by atoms with Gasteiger partial charge < -0.3 is 24.2 Å². The van der Waals surface area contributed by atoms with E-state index < -0.39 is 0 Å². The molecular formula is C23H22N6O5. The summed E-state index contributed by atoms with van der Waals surface area (Å²) in [5, 5.41) is 7.02. The van der Waals surface area contributed by atoms with Crippen LogP contribution in [0, 0.1) is 6.92 Å². The number of aromatic nitrogens is 4. The number of fused-ring (bicyclic) bond motifs is 1. The minimum atomic E-state index is -0.376. The van der Waals surface area contributed by atoms with Gasteiger partial charge in [-0.3, -0.25) is 9.20 Å². The Balaban J connectivity index is 1.35. The Kier molecular flexibility index (Phi) is 5.36. The predicted octanol–water partition coefficient (Wildman–Crippen LogP) is 3.12. The van der Waals surface area contributed by atoms with Crippen molar-refractivity contribution in [1.82, 2.24) is 24.4 Å². The van der Waals surface area contributed by atoms with Crippen molar-refractivity contribution in [3.8, 4) is 17.1 Å². The summed E-state index contributed by atoms with van der Waals surface area (Å²) in [7, 11) is 2.91. The highest BCUT2D eigenvalue weighted by atomic mass is 16.5. The molecule has 3 aromatic heterocycles. The minimum Gasteiger partial charge on any atom is -0.495 e. The topological polar surface area (TPSA) is 124 Å². The van der Waals surface area contributed by atoms with Gasteiger partial charge in [0.15, 0.2) is 0 Å². The third-order valence-electron chi connectivity index (χ3n) is 5.80. The quantitative estimate of drug-likeness (QED) is 0.480. The summed E-state index contributed by atoms with van der Waals surface area (Å²) in [6.07, 6.45) is 2.85. The fraction of sp³-hybridized carbons (Fsp3) is 0.261. The number of methoxy groups -OCH3 is 2. The van der Waals surface area contributed by atoms with E-state index in [2.05, 4.69) is 20.4 Å². The molecule has 11 nitrogen and oxygen atoms in total. The van der Waals surface area contributed by atoms with Gasteiger partial charge in [0.2, 0.25) is 11.7 Å². The van der Waals surface area contributed by atoms with E-state index >= 15 is 0 Å².